The van der Waals surface area contributed by atoms with Gasteiger partial charge in [-0.15, -0.1) is 0 Å². The average molecular weight is 328 g/mol. The highest BCUT2D eigenvalue weighted by molar-refractivity contribution is 5.95. The highest BCUT2D eigenvalue weighted by Crippen LogP contribution is 2.33. The molecule has 1 N–H and O–H groups in total. The summed E-state index contributed by atoms with van der Waals surface area (Å²) < 4.78 is 2.06. The number of hydrogen-bond donors (Lipinski definition) is 1. The summed E-state index contributed by atoms with van der Waals surface area (Å²) in [5, 5.41) is 11.4. The van der Waals surface area contributed by atoms with Gasteiger partial charge in [0, 0.05) is 12.2 Å². The second-order valence-corrected chi connectivity index (χ2v) is 6.91. The lowest BCUT2D eigenvalue weighted by Crippen LogP contribution is -2.39. The largest absolute Gasteiger partial charge is 0.328 e. The summed E-state index contributed by atoms with van der Waals surface area (Å²) in [5.74, 6) is 0.849. The molecule has 0 spiro atoms. The molecule has 7 nitrogen and oxygen atoms in total. The maximum atomic E-state index is 13.2. The van der Waals surface area contributed by atoms with E-state index in [1.807, 2.05) is 11.8 Å². The van der Waals surface area contributed by atoms with Crippen molar-refractivity contribution in [1.29, 1.82) is 0 Å². The van der Waals surface area contributed by atoms with Crippen molar-refractivity contribution in [2.45, 2.75) is 64.0 Å². The van der Waals surface area contributed by atoms with E-state index in [0.29, 0.717) is 6.04 Å². The molecule has 0 bridgehead atoms. The lowest BCUT2D eigenvalue weighted by Gasteiger charge is -2.34. The Morgan fingerprint density at radius 1 is 1.21 bits per heavy atom. The molecule has 2 aromatic heterocycles. The molecular formula is C17H24N6O. The van der Waals surface area contributed by atoms with Crippen LogP contribution in [0.5, 0.6) is 0 Å². The normalized spacial score (nSPS) is 22.2. The van der Waals surface area contributed by atoms with Crippen molar-refractivity contribution in [3.63, 3.8) is 0 Å². The number of nitrogens with zero attached hydrogens (tertiary/aromatic N) is 5. The van der Waals surface area contributed by atoms with Crippen molar-refractivity contribution in [1.82, 2.24) is 29.9 Å². The van der Waals surface area contributed by atoms with Crippen LogP contribution in [-0.2, 0) is 0 Å². The second kappa shape index (κ2) is 6.37. The Labute approximate surface area is 141 Å². The molecule has 2 aromatic rings. The van der Waals surface area contributed by atoms with Gasteiger partial charge in [-0.2, -0.15) is 10.2 Å². The molecule has 0 aromatic carbocycles. The fourth-order valence-corrected chi connectivity index (χ4v) is 4.14. The van der Waals surface area contributed by atoms with Gasteiger partial charge >= 0.3 is 0 Å². The Kier molecular flexibility index (Phi) is 4.08. The number of aromatic nitrogens is 5. The van der Waals surface area contributed by atoms with E-state index in [1.165, 1.54) is 32.0 Å². The zero-order valence-electron chi connectivity index (χ0n) is 14.1. The summed E-state index contributed by atoms with van der Waals surface area (Å²) in [7, 11) is 0. The number of H-pyrrole nitrogens is 1. The minimum atomic E-state index is -0.0111. The molecule has 1 amide bonds. The molecule has 2 fully saturated rings. The van der Waals surface area contributed by atoms with Crippen molar-refractivity contribution in [3.05, 3.63) is 29.6 Å². The van der Waals surface area contributed by atoms with Gasteiger partial charge in [-0.1, -0.05) is 12.8 Å². The Morgan fingerprint density at radius 3 is 2.75 bits per heavy atom. The van der Waals surface area contributed by atoms with Crippen molar-refractivity contribution in [2.75, 3.05) is 6.54 Å². The fraction of sp³-hybridized carbons (Fsp3) is 0.647. The minimum Gasteiger partial charge on any atom is -0.328 e. The molecule has 2 aliphatic rings. The summed E-state index contributed by atoms with van der Waals surface area (Å²) >= 11 is 0. The van der Waals surface area contributed by atoms with E-state index in [9.17, 15) is 4.79 Å². The van der Waals surface area contributed by atoms with Crippen LogP contribution < -0.4 is 0 Å². The van der Waals surface area contributed by atoms with Gasteiger partial charge in [0.15, 0.2) is 0 Å². The molecule has 1 atom stereocenters. The highest BCUT2D eigenvalue weighted by Gasteiger charge is 2.32. The van der Waals surface area contributed by atoms with E-state index < -0.39 is 0 Å². The van der Waals surface area contributed by atoms with Gasteiger partial charge in [0.05, 0.1) is 23.8 Å². The van der Waals surface area contributed by atoms with Crippen LogP contribution in [0.15, 0.2) is 12.5 Å². The van der Waals surface area contributed by atoms with E-state index >= 15 is 0 Å². The third kappa shape index (κ3) is 2.61. The summed E-state index contributed by atoms with van der Waals surface area (Å²) in [6, 6.07) is 0.445. The highest BCUT2D eigenvalue weighted by atomic mass is 16.2. The number of nitrogens with one attached hydrogen (secondary N) is 1. The van der Waals surface area contributed by atoms with Crippen LogP contribution in [0.2, 0.25) is 0 Å². The van der Waals surface area contributed by atoms with E-state index in [4.69, 9.17) is 0 Å². The van der Waals surface area contributed by atoms with Gasteiger partial charge in [-0.25, -0.2) is 4.98 Å². The molecule has 1 saturated carbocycles. The van der Waals surface area contributed by atoms with Crippen LogP contribution in [-0.4, -0.2) is 42.3 Å². The lowest BCUT2D eigenvalue weighted by atomic mass is 10.0. The smallest absolute Gasteiger partial charge is 0.257 e. The molecule has 1 aliphatic heterocycles. The number of aromatic amines is 1. The van der Waals surface area contributed by atoms with Gasteiger partial charge < -0.3 is 4.90 Å². The summed E-state index contributed by atoms with van der Waals surface area (Å²) in [6.45, 7) is 2.78. The SMILES string of the molecule is Cc1c(C(=O)N2CCCC[C@H]2c2ncn[nH]2)cnn1C1CCCC1. The average Bonchev–Trinajstić information content (AvgIpc) is 3.35. The molecule has 1 aliphatic carbocycles. The van der Waals surface area contributed by atoms with E-state index in [1.54, 1.807) is 6.20 Å². The number of amides is 1. The van der Waals surface area contributed by atoms with Crippen LogP contribution >= 0.6 is 0 Å². The van der Waals surface area contributed by atoms with Gasteiger partial charge in [-0.3, -0.25) is 14.6 Å². The zero-order valence-corrected chi connectivity index (χ0v) is 14.1. The fourth-order valence-electron chi connectivity index (χ4n) is 4.14. The summed E-state index contributed by atoms with van der Waals surface area (Å²) in [5.41, 5.74) is 1.72. The predicted molar refractivity (Wildman–Crippen MR) is 88.5 cm³/mol. The Morgan fingerprint density at radius 2 is 2.00 bits per heavy atom. The molecule has 1 saturated heterocycles. The standard InChI is InChI=1S/C17H24N6O/c1-12-14(10-20-23(12)13-6-2-3-7-13)17(24)22-9-5-4-8-15(22)16-18-11-19-21-16/h10-11,13,15H,2-9H2,1H3,(H,18,19,21)/t15-/m0/s1. The first-order chi connectivity index (χ1) is 11.8. The molecule has 0 radical (unpaired) electrons. The molecular weight excluding hydrogens is 304 g/mol. The van der Waals surface area contributed by atoms with Gasteiger partial charge in [0.2, 0.25) is 0 Å². The third-order valence-corrected chi connectivity index (χ3v) is 5.46. The summed E-state index contributed by atoms with van der Waals surface area (Å²) in [6.07, 6.45) is 11.2. The van der Waals surface area contributed by atoms with Crippen molar-refractivity contribution >= 4 is 5.91 Å². The second-order valence-electron chi connectivity index (χ2n) is 6.91. The Bertz CT molecular complexity index is 701. The number of rotatable bonds is 3. The number of hydrogen-bond acceptors (Lipinski definition) is 4. The number of carbonyl (C=O) groups excluding carboxylic acids is 1. The monoisotopic (exact) mass is 328 g/mol. The third-order valence-electron chi connectivity index (χ3n) is 5.46. The Hall–Kier alpha value is -2.18. The van der Waals surface area contributed by atoms with E-state index in [2.05, 4.69) is 25.0 Å². The van der Waals surface area contributed by atoms with Gasteiger partial charge in [0.25, 0.3) is 5.91 Å². The maximum absolute atomic E-state index is 13.2. The van der Waals surface area contributed by atoms with Crippen LogP contribution in [0, 0.1) is 6.92 Å². The van der Waals surface area contributed by atoms with E-state index in [0.717, 1.165) is 42.9 Å². The minimum absolute atomic E-state index is 0.0111. The zero-order chi connectivity index (χ0) is 16.5. The summed E-state index contributed by atoms with van der Waals surface area (Å²) in [4.78, 5) is 19.4. The molecule has 128 valence electrons. The van der Waals surface area contributed by atoms with Crippen molar-refractivity contribution in [3.8, 4) is 0 Å². The molecule has 0 unspecified atom stereocenters. The van der Waals surface area contributed by atoms with Crippen LogP contribution in [0.25, 0.3) is 0 Å². The maximum Gasteiger partial charge on any atom is 0.257 e. The van der Waals surface area contributed by atoms with Crippen LogP contribution in [0.4, 0.5) is 0 Å². The topological polar surface area (TPSA) is 79.7 Å². The van der Waals surface area contributed by atoms with Crippen molar-refractivity contribution < 1.29 is 4.79 Å². The first kappa shape index (κ1) is 15.4. The first-order valence-corrected chi connectivity index (χ1v) is 8.96. The number of carbonyl (C=O) groups is 1. The van der Waals surface area contributed by atoms with Crippen LogP contribution in [0.1, 0.15) is 78.9 Å². The molecule has 4 rings (SSSR count). The number of piperidine rings is 1. The van der Waals surface area contributed by atoms with Crippen LogP contribution in [0.3, 0.4) is 0 Å². The van der Waals surface area contributed by atoms with Gasteiger partial charge in [-0.05, 0) is 39.0 Å². The van der Waals surface area contributed by atoms with E-state index in [-0.39, 0.29) is 11.9 Å². The van der Waals surface area contributed by atoms with Gasteiger partial charge in [0.1, 0.15) is 12.2 Å². The van der Waals surface area contributed by atoms with Crippen molar-refractivity contribution in [2.24, 2.45) is 0 Å². The molecule has 3 heterocycles. The quantitative estimate of drug-likeness (QED) is 0.939. The lowest BCUT2D eigenvalue weighted by molar-refractivity contribution is 0.0599. The molecule has 24 heavy (non-hydrogen) atoms. The Balaban J connectivity index is 1.60. The predicted octanol–water partition coefficient (Wildman–Crippen LogP) is 2.79. The molecule has 7 heteroatoms. The first-order valence-electron chi connectivity index (χ1n) is 8.96. The number of likely N-dealkylation sites (tertiary alicyclic amines) is 1.